The van der Waals surface area contributed by atoms with Crippen molar-refractivity contribution >= 4 is 22.4 Å². The first kappa shape index (κ1) is 12.4. The molecule has 0 atom stereocenters. The molecule has 0 aliphatic carbocycles. The van der Waals surface area contributed by atoms with Crippen LogP contribution in [0.3, 0.4) is 0 Å². The van der Waals surface area contributed by atoms with E-state index in [4.69, 9.17) is 5.73 Å². The van der Waals surface area contributed by atoms with Gasteiger partial charge in [0.2, 0.25) is 0 Å². The van der Waals surface area contributed by atoms with Gasteiger partial charge in [0, 0.05) is 28.4 Å². The summed E-state index contributed by atoms with van der Waals surface area (Å²) in [6.07, 6.45) is 1.72. The van der Waals surface area contributed by atoms with Gasteiger partial charge in [-0.05, 0) is 30.7 Å². The van der Waals surface area contributed by atoms with Crippen LogP contribution in [0.2, 0.25) is 0 Å². The van der Waals surface area contributed by atoms with E-state index in [1.165, 1.54) is 0 Å². The molecule has 2 N–H and O–H groups in total. The molecule has 0 amide bonds. The maximum Gasteiger partial charge on any atom is 0.193 e. The highest BCUT2D eigenvalue weighted by molar-refractivity contribution is 6.11. The van der Waals surface area contributed by atoms with Gasteiger partial charge in [0.1, 0.15) is 0 Å². The van der Waals surface area contributed by atoms with E-state index in [1.54, 1.807) is 24.4 Å². The van der Waals surface area contributed by atoms with Gasteiger partial charge in [0.15, 0.2) is 5.78 Å². The van der Waals surface area contributed by atoms with Crippen molar-refractivity contribution in [1.29, 1.82) is 0 Å². The monoisotopic (exact) mass is 262 g/mol. The van der Waals surface area contributed by atoms with Gasteiger partial charge in [-0.3, -0.25) is 9.78 Å². The molecule has 0 spiro atoms. The third-order valence-electron chi connectivity index (χ3n) is 3.49. The van der Waals surface area contributed by atoms with Crippen molar-refractivity contribution in [3.63, 3.8) is 0 Å². The fraction of sp³-hybridized carbons (Fsp3) is 0.0588. The molecule has 0 bridgehead atoms. The minimum absolute atomic E-state index is 0.0256. The number of anilines is 1. The molecule has 0 aliphatic heterocycles. The Bertz CT molecular complexity index is 809. The van der Waals surface area contributed by atoms with Crippen molar-refractivity contribution in [3.05, 3.63) is 71.4 Å². The van der Waals surface area contributed by atoms with E-state index in [1.807, 2.05) is 37.3 Å². The Morgan fingerprint density at radius 1 is 1.10 bits per heavy atom. The topological polar surface area (TPSA) is 56.0 Å². The summed E-state index contributed by atoms with van der Waals surface area (Å²) in [5.41, 5.74) is 9.40. The molecule has 20 heavy (non-hydrogen) atoms. The predicted octanol–water partition coefficient (Wildman–Crippen LogP) is 3.36. The molecule has 3 heteroatoms. The molecule has 3 aromatic rings. The number of rotatable bonds is 2. The third kappa shape index (κ3) is 2.03. The molecular formula is C17H14N2O. The van der Waals surface area contributed by atoms with Crippen LogP contribution in [0.15, 0.2) is 54.7 Å². The lowest BCUT2D eigenvalue weighted by atomic mass is 9.97. The average Bonchev–Trinajstić information content (AvgIpc) is 2.49. The van der Waals surface area contributed by atoms with Crippen LogP contribution in [0.4, 0.5) is 5.69 Å². The lowest BCUT2D eigenvalue weighted by Crippen LogP contribution is -2.05. The zero-order valence-electron chi connectivity index (χ0n) is 11.1. The number of aromatic nitrogens is 1. The standard InChI is InChI=1S/C17H14N2O/c1-11-14(5-2-6-15(11)18)17(20)13-8-7-12-4-3-9-19-16(12)10-13/h2-10H,18H2,1H3. The predicted molar refractivity (Wildman–Crippen MR) is 80.8 cm³/mol. The lowest BCUT2D eigenvalue weighted by Gasteiger charge is -2.08. The molecule has 0 saturated carbocycles. The van der Waals surface area contributed by atoms with E-state index in [-0.39, 0.29) is 5.78 Å². The maximum absolute atomic E-state index is 12.6. The Morgan fingerprint density at radius 2 is 1.95 bits per heavy atom. The van der Waals surface area contributed by atoms with Crippen LogP contribution in [0, 0.1) is 6.92 Å². The lowest BCUT2D eigenvalue weighted by molar-refractivity contribution is 0.103. The number of nitrogens with zero attached hydrogens (tertiary/aromatic N) is 1. The van der Waals surface area contributed by atoms with Crippen LogP contribution in [0.5, 0.6) is 0 Å². The van der Waals surface area contributed by atoms with Crippen molar-refractivity contribution in [2.75, 3.05) is 5.73 Å². The first-order valence-electron chi connectivity index (χ1n) is 6.41. The van der Waals surface area contributed by atoms with Crippen LogP contribution >= 0.6 is 0 Å². The van der Waals surface area contributed by atoms with Gasteiger partial charge < -0.3 is 5.73 Å². The molecule has 3 nitrogen and oxygen atoms in total. The summed E-state index contributed by atoms with van der Waals surface area (Å²) in [6.45, 7) is 1.86. The first-order valence-corrected chi connectivity index (χ1v) is 6.41. The van der Waals surface area contributed by atoms with E-state index in [2.05, 4.69) is 4.98 Å². The number of nitrogens with two attached hydrogens (primary N) is 1. The van der Waals surface area contributed by atoms with Crippen LogP contribution in [-0.2, 0) is 0 Å². The highest BCUT2D eigenvalue weighted by Gasteiger charge is 2.13. The summed E-state index contributed by atoms with van der Waals surface area (Å²) in [6, 6.07) is 14.8. The van der Waals surface area contributed by atoms with Crippen molar-refractivity contribution < 1.29 is 4.79 Å². The molecule has 1 heterocycles. The third-order valence-corrected chi connectivity index (χ3v) is 3.49. The maximum atomic E-state index is 12.6. The Morgan fingerprint density at radius 3 is 2.80 bits per heavy atom. The Hall–Kier alpha value is -2.68. The number of hydrogen-bond acceptors (Lipinski definition) is 3. The SMILES string of the molecule is Cc1c(N)cccc1C(=O)c1ccc2cccnc2c1. The molecule has 1 aromatic heterocycles. The van der Waals surface area contributed by atoms with Crippen molar-refractivity contribution in [1.82, 2.24) is 4.98 Å². The molecule has 3 rings (SSSR count). The van der Waals surface area contributed by atoms with Gasteiger partial charge in [0.25, 0.3) is 0 Å². The summed E-state index contributed by atoms with van der Waals surface area (Å²) in [5.74, 6) is -0.0256. The minimum Gasteiger partial charge on any atom is -0.398 e. The van der Waals surface area contributed by atoms with E-state index in [9.17, 15) is 4.79 Å². The number of fused-ring (bicyclic) bond motifs is 1. The fourth-order valence-electron chi connectivity index (χ4n) is 2.26. The second-order valence-corrected chi connectivity index (χ2v) is 4.76. The molecule has 0 radical (unpaired) electrons. The van der Waals surface area contributed by atoms with E-state index < -0.39 is 0 Å². The van der Waals surface area contributed by atoms with Crippen molar-refractivity contribution in [2.24, 2.45) is 0 Å². The highest BCUT2D eigenvalue weighted by atomic mass is 16.1. The first-order chi connectivity index (χ1) is 9.66. The van der Waals surface area contributed by atoms with Gasteiger partial charge in [-0.25, -0.2) is 0 Å². The van der Waals surface area contributed by atoms with Crippen LogP contribution in [0.1, 0.15) is 21.5 Å². The smallest absolute Gasteiger partial charge is 0.193 e. The summed E-state index contributed by atoms with van der Waals surface area (Å²) < 4.78 is 0. The number of carbonyl (C=O) groups excluding carboxylic acids is 1. The van der Waals surface area contributed by atoms with Gasteiger partial charge in [-0.1, -0.05) is 30.3 Å². The van der Waals surface area contributed by atoms with Gasteiger partial charge >= 0.3 is 0 Å². The Balaban J connectivity index is 2.10. The number of pyridine rings is 1. The number of carbonyl (C=O) groups is 1. The number of hydrogen-bond donors (Lipinski definition) is 1. The zero-order chi connectivity index (χ0) is 14.1. The molecule has 0 saturated heterocycles. The summed E-state index contributed by atoms with van der Waals surface area (Å²) in [4.78, 5) is 16.9. The second-order valence-electron chi connectivity index (χ2n) is 4.76. The van der Waals surface area contributed by atoms with E-state index in [0.717, 1.165) is 16.5 Å². The quantitative estimate of drug-likeness (QED) is 0.569. The van der Waals surface area contributed by atoms with Crippen molar-refractivity contribution in [2.45, 2.75) is 6.92 Å². The summed E-state index contributed by atoms with van der Waals surface area (Å²) in [7, 11) is 0. The van der Waals surface area contributed by atoms with Gasteiger partial charge in [0.05, 0.1) is 5.52 Å². The average molecular weight is 262 g/mol. The normalized spacial score (nSPS) is 10.7. The van der Waals surface area contributed by atoms with Crippen LogP contribution < -0.4 is 5.73 Å². The largest absolute Gasteiger partial charge is 0.398 e. The highest BCUT2D eigenvalue weighted by Crippen LogP contribution is 2.21. The van der Waals surface area contributed by atoms with Crippen molar-refractivity contribution in [3.8, 4) is 0 Å². The molecule has 98 valence electrons. The molecule has 0 fully saturated rings. The molecule has 2 aromatic carbocycles. The van der Waals surface area contributed by atoms with Crippen LogP contribution in [-0.4, -0.2) is 10.8 Å². The number of ketones is 1. The van der Waals surface area contributed by atoms with Crippen LogP contribution in [0.25, 0.3) is 10.9 Å². The van der Waals surface area contributed by atoms with E-state index in [0.29, 0.717) is 16.8 Å². The number of benzene rings is 2. The fourth-order valence-corrected chi connectivity index (χ4v) is 2.26. The summed E-state index contributed by atoms with van der Waals surface area (Å²) in [5, 5.41) is 1.02. The Kier molecular flexibility index (Phi) is 2.95. The molecule has 0 aliphatic rings. The molecule has 0 unspecified atom stereocenters. The van der Waals surface area contributed by atoms with E-state index >= 15 is 0 Å². The number of nitrogen functional groups attached to an aromatic ring is 1. The Labute approximate surface area is 117 Å². The molecular weight excluding hydrogens is 248 g/mol. The second kappa shape index (κ2) is 4.78. The minimum atomic E-state index is -0.0256. The van der Waals surface area contributed by atoms with Gasteiger partial charge in [-0.15, -0.1) is 0 Å². The summed E-state index contributed by atoms with van der Waals surface area (Å²) >= 11 is 0. The van der Waals surface area contributed by atoms with Gasteiger partial charge in [-0.2, -0.15) is 0 Å². The zero-order valence-corrected chi connectivity index (χ0v) is 11.1.